The Kier molecular flexibility index (Phi) is 7.51. The van der Waals surface area contributed by atoms with E-state index in [0.717, 1.165) is 56.0 Å². The van der Waals surface area contributed by atoms with E-state index in [9.17, 15) is 4.79 Å². The molecule has 1 aliphatic rings. The molecule has 0 aliphatic carbocycles. The molecule has 1 aromatic heterocycles. The molecule has 168 valence electrons. The van der Waals surface area contributed by atoms with Gasteiger partial charge in [-0.15, -0.1) is 0 Å². The van der Waals surface area contributed by atoms with Gasteiger partial charge >= 0.3 is 0 Å². The molecule has 1 saturated heterocycles. The highest BCUT2D eigenvalue weighted by molar-refractivity contribution is 6.42. The topological polar surface area (TPSA) is 50.2 Å². The molecule has 4 rings (SSSR count). The second kappa shape index (κ2) is 10.5. The Bertz CT molecular complexity index is 1070. The molecule has 5 nitrogen and oxygen atoms in total. The predicted octanol–water partition coefficient (Wildman–Crippen LogP) is 5.08. The number of aromatic nitrogens is 2. The highest BCUT2D eigenvalue weighted by Crippen LogP contribution is 2.25. The Balaban J connectivity index is 1.24. The number of halogens is 2. The lowest BCUT2D eigenvalue weighted by molar-refractivity contribution is -0.126. The van der Waals surface area contributed by atoms with Gasteiger partial charge in [0.15, 0.2) is 0 Å². The Morgan fingerprint density at radius 2 is 1.78 bits per heavy atom. The summed E-state index contributed by atoms with van der Waals surface area (Å²) in [6.45, 7) is 5.97. The molecule has 1 amide bonds. The number of benzene rings is 2. The Labute approximate surface area is 199 Å². The molecular weight excluding hydrogens is 443 g/mol. The van der Waals surface area contributed by atoms with Crippen molar-refractivity contribution in [3.8, 4) is 0 Å². The number of imidazole rings is 1. The molecule has 0 atom stereocenters. The molecule has 3 aromatic rings. The first kappa shape index (κ1) is 22.8. The second-order valence-electron chi connectivity index (χ2n) is 8.44. The molecule has 0 saturated carbocycles. The summed E-state index contributed by atoms with van der Waals surface area (Å²) in [7, 11) is 0. The molecule has 1 aliphatic heterocycles. The molecule has 1 N–H and O–H groups in total. The van der Waals surface area contributed by atoms with Crippen molar-refractivity contribution in [2.45, 2.75) is 39.4 Å². The van der Waals surface area contributed by atoms with Gasteiger partial charge in [0.1, 0.15) is 5.82 Å². The molecule has 32 heavy (non-hydrogen) atoms. The maximum absolute atomic E-state index is 12.7. The van der Waals surface area contributed by atoms with E-state index >= 15 is 0 Å². The SMILES string of the molecule is Cc1nccn1Cc1cccc(CNC(=O)C2CCN(Cc3ccc(Cl)c(Cl)c3)CC2)c1. The lowest BCUT2D eigenvalue weighted by Crippen LogP contribution is -2.40. The van der Waals surface area contributed by atoms with Gasteiger partial charge in [0, 0.05) is 37.9 Å². The van der Waals surface area contributed by atoms with E-state index in [1.54, 1.807) is 0 Å². The first-order valence-corrected chi connectivity index (χ1v) is 11.7. The minimum absolute atomic E-state index is 0.0665. The molecule has 1 fully saturated rings. The molecule has 0 radical (unpaired) electrons. The fourth-order valence-corrected chi connectivity index (χ4v) is 4.51. The van der Waals surface area contributed by atoms with Crippen molar-refractivity contribution in [1.82, 2.24) is 19.8 Å². The lowest BCUT2D eigenvalue weighted by atomic mass is 9.95. The quantitative estimate of drug-likeness (QED) is 0.523. The van der Waals surface area contributed by atoms with Crippen LogP contribution in [0.2, 0.25) is 10.0 Å². The van der Waals surface area contributed by atoms with Crippen LogP contribution in [0.25, 0.3) is 0 Å². The number of nitrogens with zero attached hydrogens (tertiary/aromatic N) is 3. The van der Waals surface area contributed by atoms with Gasteiger partial charge in [0.25, 0.3) is 0 Å². The van der Waals surface area contributed by atoms with Gasteiger partial charge in [0.2, 0.25) is 5.91 Å². The smallest absolute Gasteiger partial charge is 0.223 e. The van der Waals surface area contributed by atoms with E-state index in [2.05, 4.69) is 38.0 Å². The third-order valence-electron chi connectivity index (χ3n) is 6.08. The van der Waals surface area contributed by atoms with Crippen LogP contribution >= 0.6 is 23.2 Å². The average molecular weight is 471 g/mol. The summed E-state index contributed by atoms with van der Waals surface area (Å²) in [5.41, 5.74) is 3.47. The van der Waals surface area contributed by atoms with Crippen molar-refractivity contribution >= 4 is 29.1 Å². The summed E-state index contributed by atoms with van der Waals surface area (Å²) < 4.78 is 2.11. The zero-order chi connectivity index (χ0) is 22.5. The number of hydrogen-bond donors (Lipinski definition) is 1. The average Bonchev–Trinajstić information content (AvgIpc) is 3.20. The number of hydrogen-bond acceptors (Lipinski definition) is 3. The molecule has 2 aromatic carbocycles. The fraction of sp³-hybridized carbons (Fsp3) is 0.360. The predicted molar refractivity (Wildman–Crippen MR) is 129 cm³/mol. The van der Waals surface area contributed by atoms with Gasteiger partial charge in [-0.1, -0.05) is 53.5 Å². The summed E-state index contributed by atoms with van der Waals surface area (Å²) in [5.74, 6) is 1.21. The maximum atomic E-state index is 12.7. The van der Waals surface area contributed by atoms with Gasteiger partial charge in [-0.2, -0.15) is 0 Å². The third-order valence-corrected chi connectivity index (χ3v) is 6.82. The maximum Gasteiger partial charge on any atom is 0.223 e. The minimum Gasteiger partial charge on any atom is -0.352 e. The van der Waals surface area contributed by atoms with Crippen molar-refractivity contribution in [3.63, 3.8) is 0 Å². The van der Waals surface area contributed by atoms with Crippen LogP contribution in [0, 0.1) is 12.8 Å². The molecular formula is C25H28Cl2N4O. The van der Waals surface area contributed by atoms with E-state index in [-0.39, 0.29) is 11.8 Å². The number of aryl methyl sites for hydroxylation is 1. The van der Waals surface area contributed by atoms with Crippen LogP contribution in [0.1, 0.15) is 35.4 Å². The fourth-order valence-electron chi connectivity index (χ4n) is 4.19. The van der Waals surface area contributed by atoms with E-state index in [4.69, 9.17) is 23.2 Å². The first-order chi connectivity index (χ1) is 15.5. The van der Waals surface area contributed by atoms with Crippen LogP contribution in [0.5, 0.6) is 0 Å². The summed E-state index contributed by atoms with van der Waals surface area (Å²) >= 11 is 12.1. The largest absolute Gasteiger partial charge is 0.352 e. The highest BCUT2D eigenvalue weighted by atomic mass is 35.5. The summed E-state index contributed by atoms with van der Waals surface area (Å²) in [5, 5.41) is 4.30. The number of amides is 1. The third kappa shape index (κ3) is 5.91. The number of piperidine rings is 1. The number of carbonyl (C=O) groups excluding carboxylic acids is 1. The zero-order valence-electron chi connectivity index (χ0n) is 18.2. The zero-order valence-corrected chi connectivity index (χ0v) is 19.7. The molecule has 7 heteroatoms. The molecule has 0 spiro atoms. The van der Waals surface area contributed by atoms with Crippen molar-refractivity contribution in [3.05, 3.63) is 87.4 Å². The number of rotatable bonds is 7. The number of nitrogens with one attached hydrogen (secondary N) is 1. The van der Waals surface area contributed by atoms with Crippen molar-refractivity contribution in [2.24, 2.45) is 5.92 Å². The Morgan fingerprint density at radius 3 is 2.50 bits per heavy atom. The van der Waals surface area contributed by atoms with E-state index < -0.39 is 0 Å². The van der Waals surface area contributed by atoms with Gasteiger partial charge in [-0.25, -0.2) is 4.98 Å². The number of likely N-dealkylation sites (tertiary alicyclic amines) is 1. The van der Waals surface area contributed by atoms with Gasteiger partial charge < -0.3 is 9.88 Å². The van der Waals surface area contributed by atoms with E-state index in [0.29, 0.717) is 16.6 Å². The summed E-state index contributed by atoms with van der Waals surface area (Å²) in [4.78, 5) is 19.4. The highest BCUT2D eigenvalue weighted by Gasteiger charge is 2.24. The summed E-state index contributed by atoms with van der Waals surface area (Å²) in [6, 6.07) is 14.1. The molecule has 0 bridgehead atoms. The van der Waals surface area contributed by atoms with Crippen LogP contribution in [-0.4, -0.2) is 33.4 Å². The lowest BCUT2D eigenvalue weighted by Gasteiger charge is -2.31. The molecule has 2 heterocycles. The van der Waals surface area contributed by atoms with Crippen LogP contribution in [0.3, 0.4) is 0 Å². The Morgan fingerprint density at radius 1 is 1.03 bits per heavy atom. The van der Waals surface area contributed by atoms with Crippen LogP contribution in [0.4, 0.5) is 0 Å². The van der Waals surface area contributed by atoms with Crippen LogP contribution < -0.4 is 5.32 Å². The monoisotopic (exact) mass is 470 g/mol. The van der Waals surface area contributed by atoms with Crippen LogP contribution in [0.15, 0.2) is 54.9 Å². The van der Waals surface area contributed by atoms with Crippen molar-refractivity contribution < 1.29 is 4.79 Å². The van der Waals surface area contributed by atoms with Gasteiger partial charge in [-0.3, -0.25) is 9.69 Å². The first-order valence-electron chi connectivity index (χ1n) is 11.0. The summed E-state index contributed by atoms with van der Waals surface area (Å²) in [6.07, 6.45) is 5.53. The Hall–Kier alpha value is -2.34. The second-order valence-corrected chi connectivity index (χ2v) is 9.25. The molecule has 0 unspecified atom stereocenters. The minimum atomic E-state index is 0.0665. The van der Waals surface area contributed by atoms with Crippen molar-refractivity contribution in [1.29, 1.82) is 0 Å². The number of carbonyl (C=O) groups is 1. The van der Waals surface area contributed by atoms with Crippen molar-refractivity contribution in [2.75, 3.05) is 13.1 Å². The van der Waals surface area contributed by atoms with E-state index in [1.807, 2.05) is 43.6 Å². The normalized spacial score (nSPS) is 15.1. The van der Waals surface area contributed by atoms with Crippen LogP contribution in [-0.2, 0) is 24.4 Å². The standard InChI is InChI=1S/C25H28Cl2N4O/c1-18-28-9-12-31(18)17-20-4-2-3-19(13-20)15-29-25(32)22-7-10-30(11-8-22)16-21-5-6-23(26)24(27)14-21/h2-6,9,12-14,22H,7-8,10-11,15-17H2,1H3,(H,29,32). The van der Waals surface area contributed by atoms with Gasteiger partial charge in [0.05, 0.1) is 10.0 Å². The van der Waals surface area contributed by atoms with Gasteiger partial charge in [-0.05, 0) is 61.7 Å². The van der Waals surface area contributed by atoms with E-state index in [1.165, 1.54) is 5.56 Å².